The fourth-order valence-corrected chi connectivity index (χ4v) is 3.69. The normalized spacial score (nSPS) is 14.5. The van der Waals surface area contributed by atoms with Crippen LogP contribution in [0.5, 0.6) is 5.75 Å². The number of rotatable bonds is 3. The Morgan fingerprint density at radius 1 is 0.893 bits per heavy atom. The zero-order valence-corrected chi connectivity index (χ0v) is 15.8. The van der Waals surface area contributed by atoms with Gasteiger partial charge in [0, 0.05) is 29.4 Å². The molecular formula is C23H21N3O2. The average Bonchev–Trinajstić information content (AvgIpc) is 2.77. The molecule has 28 heavy (non-hydrogen) atoms. The maximum Gasteiger partial charge on any atom is 0.138 e. The Morgan fingerprint density at radius 3 is 2.50 bits per heavy atom. The molecule has 140 valence electrons. The molecule has 0 spiro atoms. The first kappa shape index (κ1) is 17.0. The molecule has 0 saturated carbocycles. The molecule has 1 saturated heterocycles. The van der Waals surface area contributed by atoms with Gasteiger partial charge in [0.2, 0.25) is 0 Å². The van der Waals surface area contributed by atoms with Crippen LogP contribution in [0.25, 0.3) is 33.1 Å². The molecule has 1 fully saturated rings. The van der Waals surface area contributed by atoms with E-state index in [4.69, 9.17) is 19.4 Å². The Kier molecular flexibility index (Phi) is 4.29. The summed E-state index contributed by atoms with van der Waals surface area (Å²) in [6.45, 7) is 3.09. The number of nitrogens with zero attached hydrogens (tertiary/aromatic N) is 3. The molecule has 5 nitrogen and oxygen atoms in total. The third-order valence-corrected chi connectivity index (χ3v) is 5.17. The Bertz CT molecular complexity index is 1140. The van der Waals surface area contributed by atoms with Gasteiger partial charge in [0.15, 0.2) is 0 Å². The minimum Gasteiger partial charge on any atom is -0.497 e. The van der Waals surface area contributed by atoms with Gasteiger partial charge in [-0.1, -0.05) is 30.3 Å². The van der Waals surface area contributed by atoms with Gasteiger partial charge in [-0.15, -0.1) is 0 Å². The van der Waals surface area contributed by atoms with E-state index >= 15 is 0 Å². The molecular weight excluding hydrogens is 350 g/mol. The summed E-state index contributed by atoms with van der Waals surface area (Å²) < 4.78 is 10.9. The number of pyridine rings is 2. The number of anilines is 1. The van der Waals surface area contributed by atoms with E-state index in [0.29, 0.717) is 13.2 Å². The number of ether oxygens (including phenoxy) is 2. The standard InChI is InChI=1S/C23H21N3O2/c1-27-18-7-8-20-17(13-18)14-19-22(24-20)15-21(16-5-3-2-4-6-16)25-23(19)26-9-11-28-12-10-26/h2-8,13-15H,9-12H2,1H3. The van der Waals surface area contributed by atoms with Gasteiger partial charge in [0.25, 0.3) is 0 Å². The van der Waals surface area contributed by atoms with Crippen LogP contribution in [0.3, 0.4) is 0 Å². The second-order valence-corrected chi connectivity index (χ2v) is 6.91. The molecule has 5 heteroatoms. The number of methoxy groups -OCH3 is 1. The van der Waals surface area contributed by atoms with Crippen LogP contribution in [0.15, 0.2) is 60.7 Å². The maximum atomic E-state index is 5.55. The SMILES string of the molecule is COc1ccc2nc3cc(-c4ccccc4)nc(N4CCOCC4)c3cc2c1. The second-order valence-electron chi connectivity index (χ2n) is 6.91. The summed E-state index contributed by atoms with van der Waals surface area (Å²) in [5.74, 6) is 1.80. The lowest BCUT2D eigenvalue weighted by molar-refractivity contribution is 0.122. The summed E-state index contributed by atoms with van der Waals surface area (Å²) >= 11 is 0. The lowest BCUT2D eigenvalue weighted by atomic mass is 10.1. The van der Waals surface area contributed by atoms with Crippen molar-refractivity contribution in [2.75, 3.05) is 38.3 Å². The maximum absolute atomic E-state index is 5.55. The fourth-order valence-electron chi connectivity index (χ4n) is 3.69. The molecule has 0 bridgehead atoms. The monoisotopic (exact) mass is 371 g/mol. The number of morpholine rings is 1. The molecule has 0 atom stereocenters. The van der Waals surface area contributed by atoms with Crippen LogP contribution in [-0.4, -0.2) is 43.4 Å². The van der Waals surface area contributed by atoms with Gasteiger partial charge in [0.1, 0.15) is 11.6 Å². The molecule has 0 radical (unpaired) electrons. The Labute approximate surface area is 163 Å². The summed E-state index contributed by atoms with van der Waals surface area (Å²) in [7, 11) is 1.68. The summed E-state index contributed by atoms with van der Waals surface area (Å²) in [6, 6.07) is 20.5. The molecule has 0 aliphatic carbocycles. The van der Waals surface area contributed by atoms with Crippen LogP contribution >= 0.6 is 0 Å². The van der Waals surface area contributed by atoms with Crippen molar-refractivity contribution in [3.63, 3.8) is 0 Å². The highest BCUT2D eigenvalue weighted by Gasteiger charge is 2.18. The Balaban J connectivity index is 1.76. The van der Waals surface area contributed by atoms with Gasteiger partial charge in [-0.3, -0.25) is 0 Å². The van der Waals surface area contributed by atoms with Crippen molar-refractivity contribution in [2.45, 2.75) is 0 Å². The van der Waals surface area contributed by atoms with E-state index in [1.54, 1.807) is 7.11 Å². The molecule has 5 rings (SSSR count). The summed E-state index contributed by atoms with van der Waals surface area (Å²) in [4.78, 5) is 12.3. The van der Waals surface area contributed by atoms with Crippen LogP contribution < -0.4 is 9.64 Å². The van der Waals surface area contributed by atoms with Gasteiger partial charge >= 0.3 is 0 Å². The largest absolute Gasteiger partial charge is 0.497 e. The highest BCUT2D eigenvalue weighted by atomic mass is 16.5. The number of fused-ring (bicyclic) bond motifs is 2. The van der Waals surface area contributed by atoms with Crippen molar-refractivity contribution in [3.8, 4) is 17.0 Å². The zero-order valence-electron chi connectivity index (χ0n) is 15.8. The predicted octanol–water partition coefficient (Wildman–Crippen LogP) is 4.30. The van der Waals surface area contributed by atoms with Crippen LogP contribution in [0.2, 0.25) is 0 Å². The summed E-state index contributed by atoms with van der Waals surface area (Å²) in [5, 5.41) is 2.11. The molecule has 0 amide bonds. The second kappa shape index (κ2) is 7.09. The summed E-state index contributed by atoms with van der Waals surface area (Å²) in [5.41, 5.74) is 3.94. The quantitative estimate of drug-likeness (QED) is 0.503. The fraction of sp³-hybridized carbons (Fsp3) is 0.217. The van der Waals surface area contributed by atoms with E-state index in [0.717, 1.165) is 57.7 Å². The predicted molar refractivity (Wildman–Crippen MR) is 112 cm³/mol. The van der Waals surface area contributed by atoms with Crippen LogP contribution in [-0.2, 0) is 4.74 Å². The van der Waals surface area contributed by atoms with Crippen LogP contribution in [0.1, 0.15) is 0 Å². The van der Waals surface area contributed by atoms with Gasteiger partial charge in [0.05, 0.1) is 37.1 Å². The molecule has 3 heterocycles. The van der Waals surface area contributed by atoms with Crippen molar-refractivity contribution in [1.82, 2.24) is 9.97 Å². The molecule has 0 N–H and O–H groups in total. The number of benzene rings is 2. The Morgan fingerprint density at radius 2 is 1.71 bits per heavy atom. The third-order valence-electron chi connectivity index (χ3n) is 5.17. The first-order valence-electron chi connectivity index (χ1n) is 9.49. The molecule has 1 aliphatic heterocycles. The Hall–Kier alpha value is -3.18. The van der Waals surface area contributed by atoms with Gasteiger partial charge in [-0.05, 0) is 30.3 Å². The highest BCUT2D eigenvalue weighted by molar-refractivity contribution is 6.00. The first-order valence-corrected chi connectivity index (χ1v) is 9.49. The number of hydrogen-bond acceptors (Lipinski definition) is 5. The van der Waals surface area contributed by atoms with Crippen molar-refractivity contribution in [1.29, 1.82) is 0 Å². The van der Waals surface area contributed by atoms with Crippen molar-refractivity contribution in [3.05, 3.63) is 60.7 Å². The minimum absolute atomic E-state index is 0.716. The molecule has 0 unspecified atom stereocenters. The van der Waals surface area contributed by atoms with Gasteiger partial charge in [-0.2, -0.15) is 0 Å². The van der Waals surface area contributed by atoms with E-state index in [-0.39, 0.29) is 0 Å². The number of aromatic nitrogens is 2. The van der Waals surface area contributed by atoms with E-state index in [2.05, 4.69) is 29.2 Å². The van der Waals surface area contributed by atoms with E-state index in [9.17, 15) is 0 Å². The smallest absolute Gasteiger partial charge is 0.138 e. The van der Waals surface area contributed by atoms with E-state index in [1.165, 1.54) is 0 Å². The summed E-state index contributed by atoms with van der Waals surface area (Å²) in [6.07, 6.45) is 0. The highest BCUT2D eigenvalue weighted by Crippen LogP contribution is 2.32. The van der Waals surface area contributed by atoms with Crippen LogP contribution in [0.4, 0.5) is 5.82 Å². The van der Waals surface area contributed by atoms with Gasteiger partial charge < -0.3 is 14.4 Å². The van der Waals surface area contributed by atoms with Crippen LogP contribution in [0, 0.1) is 0 Å². The first-order chi connectivity index (χ1) is 13.8. The van der Waals surface area contributed by atoms with Crippen molar-refractivity contribution in [2.24, 2.45) is 0 Å². The molecule has 1 aliphatic rings. The zero-order chi connectivity index (χ0) is 18.9. The lowest BCUT2D eigenvalue weighted by Crippen LogP contribution is -2.37. The molecule has 2 aromatic heterocycles. The lowest BCUT2D eigenvalue weighted by Gasteiger charge is -2.29. The van der Waals surface area contributed by atoms with E-state index < -0.39 is 0 Å². The number of hydrogen-bond donors (Lipinski definition) is 0. The van der Waals surface area contributed by atoms with Crippen molar-refractivity contribution < 1.29 is 9.47 Å². The molecule has 4 aromatic rings. The van der Waals surface area contributed by atoms with Gasteiger partial charge in [-0.25, -0.2) is 9.97 Å². The topological polar surface area (TPSA) is 47.5 Å². The van der Waals surface area contributed by atoms with Crippen molar-refractivity contribution >= 4 is 27.6 Å². The molecule has 2 aromatic carbocycles. The average molecular weight is 371 g/mol. The van der Waals surface area contributed by atoms with E-state index in [1.807, 2.05) is 36.4 Å². The third kappa shape index (κ3) is 3.04. The minimum atomic E-state index is 0.716.